The number of hydrogen-bond acceptors (Lipinski definition) is 6. The number of nitrogens with one attached hydrogen (secondary N) is 1. The number of piperidine rings is 1. The molecule has 0 aliphatic carbocycles. The van der Waals surface area contributed by atoms with E-state index in [0.717, 1.165) is 11.1 Å². The van der Waals surface area contributed by atoms with Gasteiger partial charge >= 0.3 is 0 Å². The number of benzene rings is 1. The molecule has 39 heavy (non-hydrogen) atoms. The molecule has 0 atom stereocenters. The van der Waals surface area contributed by atoms with Crippen molar-refractivity contribution in [2.75, 3.05) is 13.1 Å². The summed E-state index contributed by atoms with van der Waals surface area (Å²) in [5, 5.41) is 14.4. The van der Waals surface area contributed by atoms with Crippen molar-refractivity contribution in [2.24, 2.45) is 0 Å². The zero-order chi connectivity index (χ0) is 26.4. The first-order valence-electron chi connectivity index (χ1n) is 12.3. The summed E-state index contributed by atoms with van der Waals surface area (Å²) in [5.74, 6) is -0.114. The van der Waals surface area contributed by atoms with Crippen LogP contribution in [0.25, 0.3) is 22.3 Å². The number of pyridine rings is 1. The summed E-state index contributed by atoms with van der Waals surface area (Å²) < 4.78 is 1.51. The molecule has 5 rings (SSSR count). The van der Waals surface area contributed by atoms with Gasteiger partial charge in [-0.3, -0.25) is 14.6 Å². The van der Waals surface area contributed by atoms with Crippen LogP contribution in [0.2, 0.25) is 0 Å². The number of rotatable bonds is 4. The average Bonchev–Trinajstić information content (AvgIpc) is 3.56. The molecular formula is C29H33N7O2Y-2. The summed E-state index contributed by atoms with van der Waals surface area (Å²) >= 11 is 0. The summed E-state index contributed by atoms with van der Waals surface area (Å²) in [6.45, 7) is 6.79. The van der Waals surface area contributed by atoms with E-state index in [1.54, 1.807) is 11.8 Å². The number of ketones is 1. The molecule has 0 bridgehead atoms. The van der Waals surface area contributed by atoms with Gasteiger partial charge in [0, 0.05) is 47.2 Å². The van der Waals surface area contributed by atoms with E-state index in [-0.39, 0.29) is 47.1 Å². The quantitative estimate of drug-likeness (QED) is 0.150. The van der Waals surface area contributed by atoms with Crippen LogP contribution in [0.5, 0.6) is 0 Å². The van der Waals surface area contributed by atoms with Gasteiger partial charge in [-0.2, -0.15) is 21.8 Å². The van der Waals surface area contributed by atoms with E-state index >= 15 is 0 Å². The van der Waals surface area contributed by atoms with Gasteiger partial charge in [0.1, 0.15) is 18.0 Å². The van der Waals surface area contributed by atoms with Crippen LogP contribution in [-0.2, 0) is 37.5 Å². The van der Waals surface area contributed by atoms with Gasteiger partial charge in [0.2, 0.25) is 0 Å². The van der Waals surface area contributed by atoms with Crippen LogP contribution in [0, 0.1) is 31.7 Å². The summed E-state index contributed by atoms with van der Waals surface area (Å²) in [4.78, 5) is 39.1. The number of carbonyl (C=O) groups is 2. The predicted octanol–water partition coefficient (Wildman–Crippen LogP) is 5.14. The van der Waals surface area contributed by atoms with Crippen molar-refractivity contribution in [3.8, 4) is 11.9 Å². The molecule has 1 aliphatic heterocycles. The van der Waals surface area contributed by atoms with Gasteiger partial charge < -0.3 is 17.3 Å². The maximum atomic E-state index is 13.1. The number of aromatic amines is 1. The fourth-order valence-electron chi connectivity index (χ4n) is 4.21. The molecule has 201 valence electrons. The first-order valence-corrected chi connectivity index (χ1v) is 12.3. The summed E-state index contributed by atoms with van der Waals surface area (Å²) in [6, 6.07) is 14.8. The molecule has 4 heterocycles. The number of nitrogens with zero attached hydrogens (tertiary/aromatic N) is 6. The number of amides is 1. The number of allylic oxidation sites excluding steroid dienone is 1. The molecule has 1 aromatic carbocycles. The van der Waals surface area contributed by atoms with E-state index in [2.05, 4.69) is 46.0 Å². The van der Waals surface area contributed by atoms with Crippen LogP contribution in [0.1, 0.15) is 56.3 Å². The Labute approximate surface area is 255 Å². The number of carbonyl (C=O) groups excluding carboxylic acids is 2. The van der Waals surface area contributed by atoms with Crippen LogP contribution in [0.3, 0.4) is 0 Å². The van der Waals surface area contributed by atoms with Crippen molar-refractivity contribution in [3.63, 3.8) is 0 Å². The van der Waals surface area contributed by atoms with Gasteiger partial charge in [-0.15, -0.1) is 0 Å². The SMILES string of the molecule is CCC.Cc1ncn(-c2nc[c-]c3c(C(=O)C(=O)N4CCC(=C(C#N)c5ccccc5)CC4)c[nH]c23)n1.[CH3-].[HH].[Y]. The third kappa shape index (κ3) is 6.94. The fourth-order valence-corrected chi connectivity index (χ4v) is 4.21. The van der Waals surface area contributed by atoms with Crippen molar-refractivity contribution in [1.29, 1.82) is 5.26 Å². The van der Waals surface area contributed by atoms with Crippen molar-refractivity contribution < 1.29 is 43.7 Å². The molecule has 0 spiro atoms. The van der Waals surface area contributed by atoms with Gasteiger partial charge in [-0.1, -0.05) is 62.4 Å². The Bertz CT molecular complexity index is 1500. The number of nitriles is 1. The third-order valence-electron chi connectivity index (χ3n) is 5.94. The molecule has 1 amide bonds. The zero-order valence-electron chi connectivity index (χ0n) is 22.7. The first kappa shape index (κ1) is 31.7. The Balaban J connectivity index is 0.00000128. The molecular weight excluding hydrogens is 567 g/mol. The number of Topliss-reactive ketones (excluding diaryl/α,β-unsaturated/α-hetero) is 1. The first-order chi connectivity index (χ1) is 18.0. The Kier molecular flexibility index (Phi) is 11.9. The Morgan fingerprint density at radius 3 is 2.41 bits per heavy atom. The Morgan fingerprint density at radius 2 is 1.82 bits per heavy atom. The van der Waals surface area contributed by atoms with Crippen LogP contribution in [-0.4, -0.2) is 54.4 Å². The normalized spacial score (nSPS) is 12.4. The predicted molar refractivity (Wildman–Crippen MR) is 148 cm³/mol. The molecule has 0 saturated carbocycles. The Hall–Kier alpha value is -3.48. The number of H-pyrrole nitrogens is 1. The number of aryl methyl sites for hydroxylation is 1. The molecule has 3 aromatic heterocycles. The van der Waals surface area contributed by atoms with Gasteiger partial charge in [0.05, 0.1) is 11.6 Å². The maximum Gasteiger partial charge on any atom is 0.282 e. The van der Waals surface area contributed by atoms with Crippen LogP contribution < -0.4 is 0 Å². The number of fused-ring (bicyclic) bond motifs is 1. The summed E-state index contributed by atoms with van der Waals surface area (Å²) in [6.07, 6.45) is 6.85. The third-order valence-corrected chi connectivity index (χ3v) is 5.94. The summed E-state index contributed by atoms with van der Waals surface area (Å²) in [7, 11) is 0. The van der Waals surface area contributed by atoms with Gasteiger partial charge in [-0.25, -0.2) is 9.67 Å². The smallest absolute Gasteiger partial charge is 0.282 e. The molecule has 1 saturated heterocycles. The van der Waals surface area contributed by atoms with Crippen LogP contribution in [0.15, 0.2) is 54.6 Å². The summed E-state index contributed by atoms with van der Waals surface area (Å²) in [5.41, 5.74) is 3.31. The maximum absolute atomic E-state index is 13.1. The molecule has 1 N–H and O–H groups in total. The molecule has 4 aromatic rings. The second kappa shape index (κ2) is 14.6. The minimum absolute atomic E-state index is 0. The average molecular weight is 601 g/mol. The van der Waals surface area contributed by atoms with Gasteiger partial charge in [0.25, 0.3) is 5.91 Å². The monoisotopic (exact) mass is 600 g/mol. The van der Waals surface area contributed by atoms with Crippen LogP contribution in [0.4, 0.5) is 0 Å². The standard InChI is InChI=1S/C25H20N7O2.C3H8.CH3.Y.H2/c1-16-29-15-32(30-16)24-22-19(7-10-27-24)21(14-28-22)23(33)25(34)31-11-8-18(9-12-31)20(13-26)17-5-3-2-4-6-17;1-3-2;;;/h2-6,10,14-15,28H,8-9,11-12H2,1H3;3H2,1-2H3;1H3;;1H/q-1;;-1;;. The van der Waals surface area contributed by atoms with E-state index in [9.17, 15) is 14.9 Å². The molecule has 1 aliphatic rings. The Morgan fingerprint density at radius 1 is 1.15 bits per heavy atom. The number of hydrogen-bond donors (Lipinski definition) is 1. The molecule has 1 fully saturated rings. The molecule has 0 unspecified atom stereocenters. The number of likely N-dealkylation sites (tertiary alicyclic amines) is 1. The van der Waals surface area contributed by atoms with Crippen molar-refractivity contribution in [2.45, 2.75) is 40.0 Å². The largest absolute Gasteiger partial charge is 0.420 e. The van der Waals surface area contributed by atoms with Crippen molar-refractivity contribution >= 4 is 28.2 Å². The van der Waals surface area contributed by atoms with E-state index in [1.165, 1.54) is 29.8 Å². The minimum atomic E-state index is -0.606. The van der Waals surface area contributed by atoms with Crippen LogP contribution >= 0.6 is 0 Å². The molecule has 10 heteroatoms. The molecule has 1 radical (unpaired) electrons. The van der Waals surface area contributed by atoms with E-state index in [0.29, 0.717) is 54.0 Å². The van der Waals surface area contributed by atoms with Gasteiger partial charge in [0.15, 0.2) is 5.78 Å². The van der Waals surface area contributed by atoms with Crippen molar-refractivity contribution in [3.05, 3.63) is 85.1 Å². The molecule has 9 nitrogen and oxygen atoms in total. The van der Waals surface area contributed by atoms with E-state index in [4.69, 9.17) is 0 Å². The number of aromatic nitrogens is 5. The van der Waals surface area contributed by atoms with Crippen molar-refractivity contribution in [1.82, 2.24) is 29.6 Å². The second-order valence-electron chi connectivity index (χ2n) is 8.70. The zero-order valence-corrected chi connectivity index (χ0v) is 25.6. The van der Waals surface area contributed by atoms with E-state index in [1.807, 2.05) is 30.3 Å². The van der Waals surface area contributed by atoms with Gasteiger partial charge in [-0.05, 0) is 42.6 Å². The second-order valence-corrected chi connectivity index (χ2v) is 8.70. The van der Waals surface area contributed by atoms with E-state index < -0.39 is 11.7 Å². The minimum Gasteiger partial charge on any atom is -0.420 e. The fraction of sp³-hybridized carbons (Fsp3) is 0.276. The topological polar surface area (TPSA) is 121 Å².